The first kappa shape index (κ1) is 15.4. The maximum atomic E-state index is 10.6. The largest absolute Gasteiger partial charge is 0.390 e. The Labute approximate surface area is 110 Å². The lowest BCUT2D eigenvalue weighted by atomic mass is 9.76. The highest BCUT2D eigenvalue weighted by molar-refractivity contribution is 5.06. The Kier molecular flexibility index (Phi) is 5.57. The summed E-state index contributed by atoms with van der Waals surface area (Å²) in [6.07, 6.45) is 6.10. The fourth-order valence-electron chi connectivity index (χ4n) is 2.55. The molecule has 0 spiro atoms. The topological polar surface area (TPSA) is 49.7 Å². The van der Waals surface area contributed by atoms with Crippen LogP contribution in [0.1, 0.15) is 52.9 Å². The Morgan fingerprint density at radius 3 is 2.78 bits per heavy atom. The molecule has 3 atom stereocenters. The van der Waals surface area contributed by atoms with Gasteiger partial charge in [-0.1, -0.05) is 18.2 Å². The zero-order valence-corrected chi connectivity index (χ0v) is 11.8. The molecular formula is C15H26O3. The van der Waals surface area contributed by atoms with E-state index in [-0.39, 0.29) is 6.10 Å². The SMILES string of the molecule is C=C(C)C(CC[C@@](C)(O)[C@H]1CC=C(C)CC1)OO. The van der Waals surface area contributed by atoms with Crippen molar-refractivity contribution in [2.24, 2.45) is 5.92 Å². The van der Waals surface area contributed by atoms with Crippen molar-refractivity contribution in [2.45, 2.75) is 64.6 Å². The molecule has 0 aromatic rings. The molecule has 0 bridgehead atoms. The molecule has 1 rings (SSSR count). The predicted octanol–water partition coefficient (Wildman–Crippen LogP) is 3.70. The van der Waals surface area contributed by atoms with E-state index in [1.54, 1.807) is 0 Å². The zero-order valence-electron chi connectivity index (χ0n) is 11.8. The van der Waals surface area contributed by atoms with Crippen LogP contribution in [0.25, 0.3) is 0 Å². The average molecular weight is 254 g/mol. The number of aliphatic hydroxyl groups is 1. The normalized spacial score (nSPS) is 25.2. The second-order valence-electron chi connectivity index (χ2n) is 5.86. The molecule has 0 radical (unpaired) electrons. The van der Waals surface area contributed by atoms with Crippen LogP contribution in [0, 0.1) is 5.92 Å². The molecule has 0 amide bonds. The van der Waals surface area contributed by atoms with Crippen LogP contribution in [-0.4, -0.2) is 22.1 Å². The van der Waals surface area contributed by atoms with Crippen molar-refractivity contribution in [2.75, 3.05) is 0 Å². The van der Waals surface area contributed by atoms with Crippen LogP contribution < -0.4 is 0 Å². The maximum absolute atomic E-state index is 10.6. The molecule has 1 unspecified atom stereocenters. The Morgan fingerprint density at radius 2 is 2.33 bits per heavy atom. The van der Waals surface area contributed by atoms with Crippen molar-refractivity contribution in [3.05, 3.63) is 23.8 Å². The minimum Gasteiger partial charge on any atom is -0.390 e. The summed E-state index contributed by atoms with van der Waals surface area (Å²) in [7, 11) is 0. The third kappa shape index (κ3) is 4.23. The van der Waals surface area contributed by atoms with Gasteiger partial charge in [0.2, 0.25) is 0 Å². The minimum absolute atomic E-state index is 0.297. The molecule has 3 nitrogen and oxygen atoms in total. The van der Waals surface area contributed by atoms with Gasteiger partial charge in [-0.2, -0.15) is 0 Å². The van der Waals surface area contributed by atoms with Crippen LogP contribution in [0.15, 0.2) is 23.8 Å². The highest BCUT2D eigenvalue weighted by Crippen LogP contribution is 2.35. The lowest BCUT2D eigenvalue weighted by Gasteiger charge is -2.35. The molecular weight excluding hydrogens is 228 g/mol. The van der Waals surface area contributed by atoms with E-state index in [1.165, 1.54) is 5.57 Å². The third-order valence-electron chi connectivity index (χ3n) is 4.11. The van der Waals surface area contributed by atoms with Gasteiger partial charge in [-0.05, 0) is 64.4 Å². The smallest absolute Gasteiger partial charge is 0.113 e. The molecule has 18 heavy (non-hydrogen) atoms. The van der Waals surface area contributed by atoms with Gasteiger partial charge in [-0.15, -0.1) is 0 Å². The van der Waals surface area contributed by atoms with E-state index in [1.807, 2.05) is 13.8 Å². The molecule has 0 aromatic heterocycles. The van der Waals surface area contributed by atoms with Crippen molar-refractivity contribution >= 4 is 0 Å². The lowest BCUT2D eigenvalue weighted by molar-refractivity contribution is -0.271. The van der Waals surface area contributed by atoms with E-state index < -0.39 is 5.60 Å². The maximum Gasteiger partial charge on any atom is 0.113 e. The van der Waals surface area contributed by atoms with E-state index in [0.717, 1.165) is 24.8 Å². The van der Waals surface area contributed by atoms with E-state index in [2.05, 4.69) is 24.5 Å². The van der Waals surface area contributed by atoms with Gasteiger partial charge >= 0.3 is 0 Å². The Balaban J connectivity index is 2.51. The third-order valence-corrected chi connectivity index (χ3v) is 4.11. The number of allylic oxidation sites excluding steroid dienone is 2. The summed E-state index contributed by atoms with van der Waals surface area (Å²) >= 11 is 0. The second kappa shape index (κ2) is 6.50. The van der Waals surface area contributed by atoms with Crippen molar-refractivity contribution in [1.29, 1.82) is 0 Å². The standard InChI is InChI=1S/C15H26O3/c1-11(2)14(18-17)9-10-15(4,16)13-7-5-12(3)6-8-13/h5,13-14,16-17H,1,6-10H2,2-4H3/t13-,14?,15+/m0/s1. The van der Waals surface area contributed by atoms with Gasteiger partial charge in [0.1, 0.15) is 6.10 Å². The van der Waals surface area contributed by atoms with Crippen molar-refractivity contribution in [3.8, 4) is 0 Å². The molecule has 1 aliphatic rings. The van der Waals surface area contributed by atoms with Gasteiger partial charge in [0, 0.05) is 0 Å². The quantitative estimate of drug-likeness (QED) is 0.431. The molecule has 0 heterocycles. The lowest BCUT2D eigenvalue weighted by Crippen LogP contribution is -2.36. The van der Waals surface area contributed by atoms with Crippen LogP contribution in [0.5, 0.6) is 0 Å². The van der Waals surface area contributed by atoms with Gasteiger partial charge in [0.15, 0.2) is 0 Å². The minimum atomic E-state index is -0.705. The summed E-state index contributed by atoms with van der Waals surface area (Å²) in [5, 5.41) is 19.3. The Bertz CT molecular complexity index is 318. The zero-order chi connectivity index (χ0) is 13.8. The number of rotatable bonds is 6. The van der Waals surface area contributed by atoms with E-state index in [9.17, 15) is 5.11 Å². The first-order valence-electron chi connectivity index (χ1n) is 6.70. The Morgan fingerprint density at radius 1 is 1.67 bits per heavy atom. The Hall–Kier alpha value is -0.640. The van der Waals surface area contributed by atoms with Crippen LogP contribution in [0.3, 0.4) is 0 Å². The summed E-state index contributed by atoms with van der Waals surface area (Å²) in [6, 6.07) is 0. The summed E-state index contributed by atoms with van der Waals surface area (Å²) in [6.45, 7) is 9.62. The molecule has 2 N–H and O–H groups in total. The van der Waals surface area contributed by atoms with Gasteiger partial charge in [-0.25, -0.2) is 4.89 Å². The van der Waals surface area contributed by atoms with Crippen LogP contribution >= 0.6 is 0 Å². The van der Waals surface area contributed by atoms with E-state index in [0.29, 0.717) is 18.8 Å². The fourth-order valence-corrected chi connectivity index (χ4v) is 2.55. The molecule has 0 fully saturated rings. The molecule has 0 saturated heterocycles. The summed E-state index contributed by atoms with van der Waals surface area (Å²) in [5.74, 6) is 0.297. The first-order valence-corrected chi connectivity index (χ1v) is 6.70. The van der Waals surface area contributed by atoms with Crippen molar-refractivity contribution in [1.82, 2.24) is 0 Å². The van der Waals surface area contributed by atoms with Crippen LogP contribution in [0.4, 0.5) is 0 Å². The van der Waals surface area contributed by atoms with E-state index in [4.69, 9.17) is 5.26 Å². The average Bonchev–Trinajstić information content (AvgIpc) is 2.29. The van der Waals surface area contributed by atoms with Gasteiger partial charge in [0.05, 0.1) is 5.60 Å². The van der Waals surface area contributed by atoms with Crippen LogP contribution in [0.2, 0.25) is 0 Å². The summed E-state index contributed by atoms with van der Waals surface area (Å²) < 4.78 is 0. The first-order chi connectivity index (χ1) is 8.36. The molecule has 0 aromatic carbocycles. The van der Waals surface area contributed by atoms with E-state index >= 15 is 0 Å². The molecule has 1 aliphatic carbocycles. The number of hydrogen-bond donors (Lipinski definition) is 2. The molecule has 3 heteroatoms. The van der Waals surface area contributed by atoms with Gasteiger partial charge in [0.25, 0.3) is 0 Å². The molecule has 0 aliphatic heterocycles. The molecule has 104 valence electrons. The molecule has 0 saturated carbocycles. The van der Waals surface area contributed by atoms with Gasteiger partial charge < -0.3 is 5.11 Å². The van der Waals surface area contributed by atoms with Crippen molar-refractivity contribution < 1.29 is 15.3 Å². The second-order valence-corrected chi connectivity index (χ2v) is 5.86. The summed E-state index contributed by atoms with van der Waals surface area (Å²) in [4.78, 5) is 4.39. The van der Waals surface area contributed by atoms with Gasteiger partial charge in [-0.3, -0.25) is 5.26 Å². The monoisotopic (exact) mass is 254 g/mol. The predicted molar refractivity (Wildman–Crippen MR) is 73.3 cm³/mol. The van der Waals surface area contributed by atoms with Crippen molar-refractivity contribution in [3.63, 3.8) is 0 Å². The summed E-state index contributed by atoms with van der Waals surface area (Å²) in [5.41, 5.74) is 1.50. The fraction of sp³-hybridized carbons (Fsp3) is 0.733. The highest BCUT2D eigenvalue weighted by atomic mass is 17.1. The van der Waals surface area contributed by atoms with Crippen LogP contribution in [-0.2, 0) is 4.89 Å². The highest BCUT2D eigenvalue weighted by Gasteiger charge is 2.32. The number of hydrogen-bond acceptors (Lipinski definition) is 3.